The van der Waals surface area contributed by atoms with Crippen LogP contribution in [0.1, 0.15) is 10.4 Å². The average molecular weight is 279 g/mol. The SMILES string of the molecule is CN1CCN(C(=O)c2cccc([N+](=O)[O-])c2NN)CC1. The quantitative estimate of drug-likeness (QED) is 0.467. The van der Waals surface area contributed by atoms with Crippen molar-refractivity contribution in [3.8, 4) is 0 Å². The van der Waals surface area contributed by atoms with Gasteiger partial charge in [-0.05, 0) is 13.1 Å². The number of hydrogen-bond acceptors (Lipinski definition) is 6. The number of nitrogens with two attached hydrogens (primary N) is 1. The summed E-state index contributed by atoms with van der Waals surface area (Å²) in [5.41, 5.74) is 2.36. The predicted molar refractivity (Wildman–Crippen MR) is 74.3 cm³/mol. The number of amides is 1. The van der Waals surface area contributed by atoms with Gasteiger partial charge in [-0.2, -0.15) is 0 Å². The zero-order valence-electron chi connectivity index (χ0n) is 11.2. The fourth-order valence-corrected chi connectivity index (χ4v) is 2.20. The third-order valence-corrected chi connectivity index (χ3v) is 3.40. The Morgan fingerprint density at radius 1 is 1.35 bits per heavy atom. The fraction of sp³-hybridized carbons (Fsp3) is 0.417. The first-order valence-corrected chi connectivity index (χ1v) is 6.26. The summed E-state index contributed by atoms with van der Waals surface area (Å²) >= 11 is 0. The highest BCUT2D eigenvalue weighted by Crippen LogP contribution is 2.28. The Morgan fingerprint density at radius 2 is 2.00 bits per heavy atom. The van der Waals surface area contributed by atoms with Crippen LogP contribution in [-0.2, 0) is 0 Å². The van der Waals surface area contributed by atoms with E-state index in [1.807, 2.05) is 7.05 Å². The molecule has 1 aromatic rings. The van der Waals surface area contributed by atoms with E-state index in [0.717, 1.165) is 13.1 Å². The van der Waals surface area contributed by atoms with Gasteiger partial charge in [0.15, 0.2) is 0 Å². The second-order valence-electron chi connectivity index (χ2n) is 4.70. The summed E-state index contributed by atoms with van der Waals surface area (Å²) in [7, 11) is 1.99. The number of anilines is 1. The number of piperazine rings is 1. The van der Waals surface area contributed by atoms with Gasteiger partial charge in [-0.15, -0.1) is 0 Å². The van der Waals surface area contributed by atoms with Crippen molar-refractivity contribution in [3.05, 3.63) is 33.9 Å². The number of nitrogens with zero attached hydrogens (tertiary/aromatic N) is 3. The third-order valence-electron chi connectivity index (χ3n) is 3.40. The molecule has 0 bridgehead atoms. The van der Waals surface area contributed by atoms with Crippen LogP contribution in [0.2, 0.25) is 0 Å². The third kappa shape index (κ3) is 2.70. The van der Waals surface area contributed by atoms with Crippen molar-refractivity contribution in [1.82, 2.24) is 9.80 Å². The van der Waals surface area contributed by atoms with E-state index in [0.29, 0.717) is 13.1 Å². The van der Waals surface area contributed by atoms with Crippen LogP contribution in [0, 0.1) is 10.1 Å². The second kappa shape index (κ2) is 5.85. The molecule has 1 aliphatic heterocycles. The first-order chi connectivity index (χ1) is 9.54. The zero-order valence-corrected chi connectivity index (χ0v) is 11.2. The van der Waals surface area contributed by atoms with Crippen molar-refractivity contribution in [1.29, 1.82) is 0 Å². The largest absolute Gasteiger partial charge is 0.336 e. The predicted octanol–water partition coefficient (Wildman–Crippen LogP) is 0.268. The van der Waals surface area contributed by atoms with Crippen LogP contribution >= 0.6 is 0 Å². The van der Waals surface area contributed by atoms with Gasteiger partial charge >= 0.3 is 0 Å². The van der Waals surface area contributed by atoms with E-state index in [4.69, 9.17) is 5.84 Å². The molecule has 1 aliphatic rings. The molecule has 20 heavy (non-hydrogen) atoms. The number of hydrogen-bond donors (Lipinski definition) is 2. The van der Waals surface area contributed by atoms with Crippen molar-refractivity contribution in [2.45, 2.75) is 0 Å². The molecule has 0 saturated carbocycles. The van der Waals surface area contributed by atoms with Crippen LogP contribution in [0.4, 0.5) is 11.4 Å². The molecule has 0 aliphatic carbocycles. The average Bonchev–Trinajstić information content (AvgIpc) is 2.46. The number of nitro groups is 1. The molecule has 0 aromatic heterocycles. The lowest BCUT2D eigenvalue weighted by Crippen LogP contribution is -2.47. The number of nitrogens with one attached hydrogen (secondary N) is 1. The number of para-hydroxylation sites is 1. The topological polar surface area (TPSA) is 105 Å². The van der Waals surface area contributed by atoms with E-state index in [2.05, 4.69) is 10.3 Å². The Hall–Kier alpha value is -2.19. The highest BCUT2D eigenvalue weighted by Gasteiger charge is 2.26. The van der Waals surface area contributed by atoms with Crippen LogP contribution in [0.3, 0.4) is 0 Å². The van der Waals surface area contributed by atoms with E-state index in [-0.39, 0.29) is 22.8 Å². The molecule has 1 heterocycles. The highest BCUT2D eigenvalue weighted by molar-refractivity contribution is 6.01. The standard InChI is InChI=1S/C12H17N5O3/c1-15-5-7-16(8-6-15)12(18)9-3-2-4-10(17(19)20)11(9)14-13/h2-4,14H,5-8,13H2,1H3. The molecule has 8 heteroatoms. The van der Waals surface area contributed by atoms with E-state index < -0.39 is 4.92 Å². The number of carbonyl (C=O) groups excluding carboxylic acids is 1. The van der Waals surface area contributed by atoms with E-state index in [1.165, 1.54) is 12.1 Å². The molecule has 108 valence electrons. The van der Waals surface area contributed by atoms with Crippen molar-refractivity contribution in [2.75, 3.05) is 38.7 Å². The lowest BCUT2D eigenvalue weighted by atomic mass is 10.1. The number of carbonyl (C=O) groups is 1. The first kappa shape index (κ1) is 14.2. The number of hydrazine groups is 1. The molecule has 0 spiro atoms. The number of likely N-dealkylation sites (N-methyl/N-ethyl adjacent to an activating group) is 1. The van der Waals surface area contributed by atoms with Crippen molar-refractivity contribution in [2.24, 2.45) is 5.84 Å². The Kier molecular flexibility index (Phi) is 4.16. The van der Waals surface area contributed by atoms with Crippen LogP contribution in [0.25, 0.3) is 0 Å². The molecule has 1 aromatic carbocycles. The smallest absolute Gasteiger partial charge is 0.294 e. The van der Waals surface area contributed by atoms with Crippen LogP contribution in [-0.4, -0.2) is 53.9 Å². The molecule has 3 N–H and O–H groups in total. The van der Waals surface area contributed by atoms with Crippen LogP contribution < -0.4 is 11.3 Å². The van der Waals surface area contributed by atoms with E-state index in [9.17, 15) is 14.9 Å². The molecule has 1 fully saturated rings. The lowest BCUT2D eigenvalue weighted by molar-refractivity contribution is -0.384. The molecule has 0 radical (unpaired) electrons. The Balaban J connectivity index is 2.30. The molecular formula is C12H17N5O3. The molecule has 1 saturated heterocycles. The molecule has 0 atom stereocenters. The molecule has 8 nitrogen and oxygen atoms in total. The normalized spacial score (nSPS) is 16.0. The minimum absolute atomic E-state index is 0.0569. The van der Waals surface area contributed by atoms with Gasteiger partial charge in [0.1, 0.15) is 5.69 Å². The first-order valence-electron chi connectivity index (χ1n) is 6.26. The van der Waals surface area contributed by atoms with Gasteiger partial charge in [0, 0.05) is 32.2 Å². The van der Waals surface area contributed by atoms with Crippen molar-refractivity contribution >= 4 is 17.3 Å². The number of nitro benzene ring substituents is 1. The maximum absolute atomic E-state index is 12.5. The summed E-state index contributed by atoms with van der Waals surface area (Å²) in [5, 5.41) is 11.0. The molecule has 0 unspecified atom stereocenters. The van der Waals surface area contributed by atoms with Gasteiger partial charge in [-0.1, -0.05) is 6.07 Å². The lowest BCUT2D eigenvalue weighted by Gasteiger charge is -2.32. The summed E-state index contributed by atoms with van der Waals surface area (Å²) in [4.78, 5) is 26.6. The van der Waals surface area contributed by atoms with Gasteiger partial charge in [0.25, 0.3) is 11.6 Å². The Bertz CT molecular complexity index is 526. The molecular weight excluding hydrogens is 262 g/mol. The van der Waals surface area contributed by atoms with Crippen molar-refractivity contribution < 1.29 is 9.72 Å². The van der Waals surface area contributed by atoms with Gasteiger partial charge in [-0.25, -0.2) is 0 Å². The molecule has 2 rings (SSSR count). The second-order valence-corrected chi connectivity index (χ2v) is 4.70. The molecule has 1 amide bonds. The fourth-order valence-electron chi connectivity index (χ4n) is 2.20. The summed E-state index contributed by atoms with van der Waals surface area (Å²) in [5.74, 6) is 5.10. The summed E-state index contributed by atoms with van der Waals surface area (Å²) < 4.78 is 0. The summed E-state index contributed by atoms with van der Waals surface area (Å²) in [6.07, 6.45) is 0. The number of nitrogen functional groups attached to an aromatic ring is 1. The highest BCUT2D eigenvalue weighted by atomic mass is 16.6. The van der Waals surface area contributed by atoms with Crippen molar-refractivity contribution in [3.63, 3.8) is 0 Å². The van der Waals surface area contributed by atoms with Gasteiger partial charge < -0.3 is 15.2 Å². The minimum atomic E-state index is -0.560. The number of benzene rings is 1. The van der Waals surface area contributed by atoms with E-state index >= 15 is 0 Å². The van der Waals surface area contributed by atoms with Gasteiger partial charge in [0.2, 0.25) is 0 Å². The number of rotatable bonds is 3. The maximum atomic E-state index is 12.5. The van der Waals surface area contributed by atoms with Gasteiger partial charge in [0.05, 0.1) is 10.5 Å². The minimum Gasteiger partial charge on any atom is -0.336 e. The van der Waals surface area contributed by atoms with Crippen LogP contribution in [0.5, 0.6) is 0 Å². The Morgan fingerprint density at radius 3 is 2.55 bits per heavy atom. The summed E-state index contributed by atoms with van der Waals surface area (Å²) in [6, 6.07) is 4.35. The Labute approximate surface area is 116 Å². The monoisotopic (exact) mass is 279 g/mol. The van der Waals surface area contributed by atoms with Crippen LogP contribution in [0.15, 0.2) is 18.2 Å². The van der Waals surface area contributed by atoms with E-state index in [1.54, 1.807) is 11.0 Å². The maximum Gasteiger partial charge on any atom is 0.294 e. The summed E-state index contributed by atoms with van der Waals surface area (Å²) in [6.45, 7) is 2.77. The zero-order chi connectivity index (χ0) is 14.7. The van der Waals surface area contributed by atoms with Gasteiger partial charge in [-0.3, -0.25) is 20.8 Å².